The minimum atomic E-state index is -0.530. The van der Waals surface area contributed by atoms with Gasteiger partial charge in [-0.2, -0.15) is 0 Å². The molecule has 1 aromatic rings. The van der Waals surface area contributed by atoms with Crippen LogP contribution in [0.1, 0.15) is 17.3 Å². The first kappa shape index (κ1) is 13.0. The van der Waals surface area contributed by atoms with Crippen LogP contribution >= 0.6 is 11.6 Å². The summed E-state index contributed by atoms with van der Waals surface area (Å²) in [7, 11) is 0. The average Bonchev–Trinajstić information content (AvgIpc) is 2.29. The molecule has 98 valence electrons. The van der Waals surface area contributed by atoms with Crippen LogP contribution < -0.4 is 16.4 Å². The number of hydrogen-bond acceptors (Lipinski definition) is 4. The molecule has 0 bridgehead atoms. The minimum Gasteiger partial charge on any atom is -0.399 e. The van der Waals surface area contributed by atoms with Crippen molar-refractivity contribution in [3.8, 4) is 0 Å². The van der Waals surface area contributed by atoms with Crippen molar-refractivity contribution in [1.29, 1.82) is 0 Å². The van der Waals surface area contributed by atoms with Crippen molar-refractivity contribution in [2.75, 3.05) is 30.4 Å². The summed E-state index contributed by atoms with van der Waals surface area (Å²) in [6.45, 7) is 3.88. The van der Waals surface area contributed by atoms with Crippen molar-refractivity contribution < 1.29 is 9.53 Å². The number of anilines is 2. The van der Waals surface area contributed by atoms with Crippen molar-refractivity contribution in [2.45, 2.75) is 13.0 Å². The van der Waals surface area contributed by atoms with Gasteiger partial charge in [0, 0.05) is 18.3 Å². The molecule has 0 radical (unpaired) electrons. The van der Waals surface area contributed by atoms with Crippen LogP contribution in [0.25, 0.3) is 0 Å². The number of benzene rings is 1. The second kappa shape index (κ2) is 5.04. The molecule has 0 saturated carbocycles. The standard InChI is InChI=1S/C12H16ClN3O2/c1-7-6-18-3-2-16(7)11-9(12(15)17)4-8(14)5-10(11)13/h4-5,7H,2-3,6,14H2,1H3,(H2,15,17). The van der Waals surface area contributed by atoms with E-state index in [1.807, 2.05) is 11.8 Å². The van der Waals surface area contributed by atoms with Crippen molar-refractivity contribution >= 4 is 28.9 Å². The Kier molecular flexibility index (Phi) is 3.63. The average molecular weight is 270 g/mol. The molecule has 1 aliphatic heterocycles. The van der Waals surface area contributed by atoms with E-state index in [1.165, 1.54) is 0 Å². The molecular formula is C12H16ClN3O2. The number of rotatable bonds is 2. The first-order valence-corrected chi connectivity index (χ1v) is 6.11. The topological polar surface area (TPSA) is 81.6 Å². The van der Waals surface area contributed by atoms with E-state index < -0.39 is 5.91 Å². The molecule has 1 fully saturated rings. The van der Waals surface area contributed by atoms with E-state index in [1.54, 1.807) is 12.1 Å². The maximum Gasteiger partial charge on any atom is 0.250 e. The molecule has 1 amide bonds. The Labute approximate surface area is 111 Å². The third-order valence-corrected chi connectivity index (χ3v) is 3.29. The zero-order valence-electron chi connectivity index (χ0n) is 10.1. The van der Waals surface area contributed by atoms with Crippen molar-refractivity contribution in [3.05, 3.63) is 22.7 Å². The highest BCUT2D eigenvalue weighted by Gasteiger charge is 2.25. The van der Waals surface area contributed by atoms with Gasteiger partial charge in [-0.05, 0) is 19.1 Å². The largest absolute Gasteiger partial charge is 0.399 e. The van der Waals surface area contributed by atoms with Crippen molar-refractivity contribution in [3.63, 3.8) is 0 Å². The van der Waals surface area contributed by atoms with Crippen LogP contribution in [0, 0.1) is 0 Å². The summed E-state index contributed by atoms with van der Waals surface area (Å²) >= 11 is 6.21. The number of halogens is 1. The number of carbonyl (C=O) groups excluding carboxylic acids is 1. The summed E-state index contributed by atoms with van der Waals surface area (Å²) in [5.41, 5.74) is 12.5. The molecule has 0 aliphatic carbocycles. The van der Waals surface area contributed by atoms with E-state index in [9.17, 15) is 4.79 Å². The highest BCUT2D eigenvalue weighted by atomic mass is 35.5. The zero-order valence-corrected chi connectivity index (χ0v) is 10.9. The molecule has 1 unspecified atom stereocenters. The number of morpholine rings is 1. The van der Waals surface area contributed by atoms with Gasteiger partial charge in [-0.15, -0.1) is 0 Å². The number of nitrogen functional groups attached to an aromatic ring is 1. The summed E-state index contributed by atoms with van der Waals surface area (Å²) in [5.74, 6) is -0.530. The number of hydrogen-bond donors (Lipinski definition) is 2. The number of ether oxygens (including phenoxy) is 1. The molecule has 1 heterocycles. The third kappa shape index (κ3) is 2.37. The maximum atomic E-state index is 11.5. The van der Waals surface area contributed by atoms with Gasteiger partial charge in [0.25, 0.3) is 5.91 Å². The Bertz CT molecular complexity index is 479. The molecule has 2 rings (SSSR count). The van der Waals surface area contributed by atoms with Crippen LogP contribution in [-0.4, -0.2) is 31.7 Å². The van der Waals surface area contributed by atoms with Gasteiger partial charge in [-0.1, -0.05) is 11.6 Å². The molecule has 1 saturated heterocycles. The molecule has 1 aliphatic rings. The van der Waals surface area contributed by atoms with Gasteiger partial charge in [-0.3, -0.25) is 4.79 Å². The Hall–Kier alpha value is -1.46. The minimum absolute atomic E-state index is 0.137. The fourth-order valence-corrected chi connectivity index (χ4v) is 2.50. The summed E-state index contributed by atoms with van der Waals surface area (Å²) in [6, 6.07) is 3.33. The normalized spacial score (nSPS) is 19.9. The van der Waals surface area contributed by atoms with Crippen LogP contribution in [0.3, 0.4) is 0 Å². The second-order valence-corrected chi connectivity index (χ2v) is 4.79. The molecular weight excluding hydrogens is 254 g/mol. The maximum absolute atomic E-state index is 11.5. The van der Waals surface area contributed by atoms with Gasteiger partial charge in [0.1, 0.15) is 0 Å². The summed E-state index contributed by atoms with van der Waals surface area (Å²) in [4.78, 5) is 13.6. The smallest absolute Gasteiger partial charge is 0.250 e. The van der Waals surface area contributed by atoms with Crippen LogP contribution in [0.4, 0.5) is 11.4 Å². The third-order valence-electron chi connectivity index (χ3n) is 3.01. The molecule has 4 N–H and O–H groups in total. The molecule has 6 heteroatoms. The number of nitrogens with zero attached hydrogens (tertiary/aromatic N) is 1. The zero-order chi connectivity index (χ0) is 13.3. The Balaban J connectivity index is 2.51. The summed E-state index contributed by atoms with van der Waals surface area (Å²) < 4.78 is 5.37. The lowest BCUT2D eigenvalue weighted by Gasteiger charge is -2.36. The number of primary amides is 1. The van der Waals surface area contributed by atoms with Gasteiger partial charge in [0.15, 0.2) is 0 Å². The van der Waals surface area contributed by atoms with E-state index in [4.69, 9.17) is 27.8 Å². The first-order chi connectivity index (χ1) is 8.50. The van der Waals surface area contributed by atoms with Crippen LogP contribution in [0.2, 0.25) is 5.02 Å². The second-order valence-electron chi connectivity index (χ2n) is 4.38. The Morgan fingerprint density at radius 1 is 1.56 bits per heavy atom. The molecule has 18 heavy (non-hydrogen) atoms. The van der Waals surface area contributed by atoms with Crippen LogP contribution in [-0.2, 0) is 4.74 Å². The van der Waals surface area contributed by atoms with E-state index in [-0.39, 0.29) is 6.04 Å². The fraction of sp³-hybridized carbons (Fsp3) is 0.417. The van der Waals surface area contributed by atoms with Gasteiger partial charge in [0.05, 0.1) is 29.5 Å². The van der Waals surface area contributed by atoms with Gasteiger partial charge in [0.2, 0.25) is 0 Å². The predicted molar refractivity (Wildman–Crippen MR) is 72.0 cm³/mol. The molecule has 5 nitrogen and oxygen atoms in total. The lowest BCUT2D eigenvalue weighted by molar-refractivity contribution is 0.0969. The number of nitrogens with two attached hydrogens (primary N) is 2. The SMILES string of the molecule is CC1COCCN1c1c(Cl)cc(N)cc1C(N)=O. The summed E-state index contributed by atoms with van der Waals surface area (Å²) in [5, 5.41) is 0.442. The van der Waals surface area contributed by atoms with Gasteiger partial charge >= 0.3 is 0 Å². The Morgan fingerprint density at radius 3 is 2.89 bits per heavy atom. The van der Waals surface area contributed by atoms with E-state index in [2.05, 4.69) is 0 Å². The highest BCUT2D eigenvalue weighted by molar-refractivity contribution is 6.34. The van der Waals surface area contributed by atoms with E-state index in [0.29, 0.717) is 41.7 Å². The lowest BCUT2D eigenvalue weighted by atomic mass is 10.1. The molecule has 1 atom stereocenters. The van der Waals surface area contributed by atoms with Crippen LogP contribution in [0.15, 0.2) is 12.1 Å². The first-order valence-electron chi connectivity index (χ1n) is 5.74. The Morgan fingerprint density at radius 2 is 2.28 bits per heavy atom. The lowest BCUT2D eigenvalue weighted by Crippen LogP contribution is -2.44. The van der Waals surface area contributed by atoms with Gasteiger partial charge < -0.3 is 21.1 Å². The molecule has 0 spiro atoms. The predicted octanol–water partition coefficient (Wildman–Crippen LogP) is 1.25. The number of carbonyl (C=O) groups is 1. The quantitative estimate of drug-likeness (QED) is 0.792. The van der Waals surface area contributed by atoms with Crippen LogP contribution in [0.5, 0.6) is 0 Å². The highest BCUT2D eigenvalue weighted by Crippen LogP contribution is 2.34. The molecule has 0 aromatic heterocycles. The van der Waals surface area contributed by atoms with E-state index in [0.717, 1.165) is 0 Å². The monoisotopic (exact) mass is 269 g/mol. The fourth-order valence-electron chi connectivity index (χ4n) is 2.16. The molecule has 1 aromatic carbocycles. The summed E-state index contributed by atoms with van der Waals surface area (Å²) in [6.07, 6.45) is 0. The van der Waals surface area contributed by atoms with E-state index >= 15 is 0 Å². The van der Waals surface area contributed by atoms with Gasteiger partial charge in [-0.25, -0.2) is 0 Å². The van der Waals surface area contributed by atoms with Crippen molar-refractivity contribution in [2.24, 2.45) is 5.73 Å². The van der Waals surface area contributed by atoms with Crippen molar-refractivity contribution in [1.82, 2.24) is 0 Å². The number of amides is 1.